The molecule has 0 atom stereocenters. The van der Waals surface area contributed by atoms with Crippen molar-refractivity contribution in [1.82, 2.24) is 39.9 Å². The van der Waals surface area contributed by atoms with Crippen LogP contribution in [-0.4, -0.2) is 57.2 Å². The summed E-state index contributed by atoms with van der Waals surface area (Å²) >= 11 is 0. The van der Waals surface area contributed by atoms with E-state index < -0.39 is 5.97 Å². The van der Waals surface area contributed by atoms with Gasteiger partial charge in [0, 0.05) is 19.3 Å². The average molecular weight is 1510 g/mol. The van der Waals surface area contributed by atoms with Crippen LogP contribution in [0.1, 0.15) is 191 Å². The first-order valence-corrected chi connectivity index (χ1v) is 28.9. The first-order chi connectivity index (χ1) is 39.5. The summed E-state index contributed by atoms with van der Waals surface area (Å²) in [6.45, 7) is 29.1. The molecule has 86 heavy (non-hydrogen) atoms. The van der Waals surface area contributed by atoms with Gasteiger partial charge in [0.2, 0.25) is 0 Å². The molecule has 10 heterocycles. The molecule has 0 spiro atoms. The zero-order valence-electron chi connectivity index (χ0n) is 52.5. The van der Waals surface area contributed by atoms with Crippen molar-refractivity contribution in [2.75, 3.05) is 13.2 Å². The number of ether oxygens (including phenoxy) is 2. The van der Waals surface area contributed by atoms with E-state index in [0.717, 1.165) is 173 Å². The SMILES string of the molecule is CCC1=C(C)c2cc3[n-]c(cc4nc(cc5[n-]c(cc1n2)c(C)c5CCC(=O)O)C(CCOC=O)=C4C)c(C)c3CC.CCCc1c(C)c2cc3nc(cc4[n-]c(cc5nc(cc1[n-]2)C(CCOC=O)=C5C)c(C)c4CC)C(C)=C3CC.[CH3-].[CH3-].[Ir+3].[Ir+3]. The molecule has 0 saturated carbocycles. The molecule has 14 nitrogen and oxygen atoms in total. The van der Waals surface area contributed by atoms with Crippen LogP contribution in [-0.2, 0) is 89.8 Å². The minimum Gasteiger partial charge on any atom is -0.657 e. The van der Waals surface area contributed by atoms with Gasteiger partial charge in [-0.15, -0.1) is 44.1 Å². The predicted octanol–water partition coefficient (Wildman–Crippen LogP) is 15.0. The molecule has 0 amide bonds. The summed E-state index contributed by atoms with van der Waals surface area (Å²) in [5.74, 6) is -0.860. The van der Waals surface area contributed by atoms with Crippen LogP contribution in [0.15, 0.2) is 48.5 Å². The number of carboxylic acids is 1. The van der Waals surface area contributed by atoms with Crippen molar-refractivity contribution in [2.24, 2.45) is 0 Å². The van der Waals surface area contributed by atoms with Gasteiger partial charge in [-0.1, -0.05) is 134 Å². The maximum Gasteiger partial charge on any atom is 3.00 e. The Balaban J connectivity index is 0.000000300. The number of nitrogens with zero attached hydrogens (tertiary/aromatic N) is 8. The van der Waals surface area contributed by atoms with Crippen molar-refractivity contribution in [2.45, 2.75) is 154 Å². The fraction of sp³-hybridized carbons (Fsp3) is 0.357. The van der Waals surface area contributed by atoms with Crippen molar-refractivity contribution < 1.29 is 69.2 Å². The topological polar surface area (TPSA) is 198 Å². The molecule has 4 aliphatic heterocycles. The summed E-state index contributed by atoms with van der Waals surface area (Å²) < 4.78 is 10.1. The van der Waals surface area contributed by atoms with Crippen molar-refractivity contribution >= 4 is 108 Å². The number of allylic oxidation sites excluding steroid dienone is 6. The van der Waals surface area contributed by atoms with E-state index in [2.05, 4.69) is 106 Å². The van der Waals surface area contributed by atoms with Gasteiger partial charge < -0.3 is 49.4 Å². The smallest absolute Gasteiger partial charge is 0.657 e. The van der Waals surface area contributed by atoms with E-state index in [4.69, 9.17) is 49.3 Å². The van der Waals surface area contributed by atoms with E-state index in [9.17, 15) is 19.5 Å². The van der Waals surface area contributed by atoms with Gasteiger partial charge in [0.05, 0.1) is 58.8 Å². The van der Waals surface area contributed by atoms with Crippen LogP contribution in [0.25, 0.3) is 88.7 Å². The van der Waals surface area contributed by atoms with Crippen LogP contribution in [0.2, 0.25) is 0 Å². The average Bonchev–Trinajstić information content (AvgIpc) is 3.11. The number of carbonyl (C=O) groups excluding carboxylic acids is 2. The van der Waals surface area contributed by atoms with E-state index in [-0.39, 0.29) is 68.1 Å². The van der Waals surface area contributed by atoms with Crippen LogP contribution in [0, 0.1) is 42.5 Å². The van der Waals surface area contributed by atoms with E-state index in [0.29, 0.717) is 44.3 Å². The molecule has 0 saturated heterocycles. The molecule has 0 radical (unpaired) electrons. The predicted molar refractivity (Wildman–Crippen MR) is 342 cm³/mol. The molecule has 0 fully saturated rings. The Morgan fingerprint density at radius 3 is 1.00 bits per heavy atom. The Kier molecular flexibility index (Phi) is 24.3. The Morgan fingerprint density at radius 2 is 0.686 bits per heavy atom. The molecule has 0 unspecified atom stereocenters. The Bertz CT molecular complexity index is 4070. The summed E-state index contributed by atoms with van der Waals surface area (Å²) in [5.41, 5.74) is 31.9. The molecule has 0 aromatic carbocycles. The number of aliphatic carboxylic acids is 1. The van der Waals surface area contributed by atoms with Crippen molar-refractivity contribution in [3.05, 3.63) is 153 Å². The number of aromatic nitrogens is 8. The maximum absolute atomic E-state index is 11.5. The summed E-state index contributed by atoms with van der Waals surface area (Å²) in [4.78, 5) is 73.9. The van der Waals surface area contributed by atoms with Crippen molar-refractivity contribution in [3.8, 4) is 0 Å². The monoisotopic (exact) mass is 1510 g/mol. The largest absolute Gasteiger partial charge is 3.00 e. The summed E-state index contributed by atoms with van der Waals surface area (Å²) in [6.07, 6.45) is 6.84. The first-order valence-electron chi connectivity index (χ1n) is 28.9. The first kappa shape index (κ1) is 69.7. The minimum atomic E-state index is -0.860. The molecular formula is C70H80Ir2N8O6. The molecule has 10 rings (SSSR count). The number of hydrogen-bond acceptors (Lipinski definition) is 9. The van der Waals surface area contributed by atoms with Gasteiger partial charge in [-0.2, -0.15) is 0 Å². The molecule has 16 bridgehead atoms. The van der Waals surface area contributed by atoms with Crippen LogP contribution in [0.4, 0.5) is 0 Å². The third-order valence-corrected chi connectivity index (χ3v) is 16.9. The zero-order chi connectivity index (χ0) is 58.7. The van der Waals surface area contributed by atoms with E-state index >= 15 is 0 Å². The fourth-order valence-corrected chi connectivity index (χ4v) is 12.1. The van der Waals surface area contributed by atoms with Crippen molar-refractivity contribution in [1.29, 1.82) is 0 Å². The number of rotatable bonds is 17. The fourth-order valence-electron chi connectivity index (χ4n) is 12.1. The molecule has 1 N–H and O–H groups in total. The molecule has 0 aliphatic carbocycles. The minimum absolute atomic E-state index is 0. The second-order valence-corrected chi connectivity index (χ2v) is 21.5. The van der Waals surface area contributed by atoms with Crippen LogP contribution in [0.5, 0.6) is 0 Å². The number of carbonyl (C=O) groups is 3. The van der Waals surface area contributed by atoms with Gasteiger partial charge in [0.25, 0.3) is 12.9 Å². The molecule has 6 aromatic heterocycles. The normalized spacial score (nSPS) is 12.7. The number of aryl methyl sites for hydroxylation is 8. The molecular weight excluding hydrogens is 1430 g/mol. The van der Waals surface area contributed by atoms with Crippen LogP contribution < -0.4 is 19.9 Å². The Morgan fingerprint density at radius 1 is 0.407 bits per heavy atom. The van der Waals surface area contributed by atoms with Crippen LogP contribution in [0.3, 0.4) is 0 Å². The number of hydrogen-bond donors (Lipinski definition) is 1. The maximum atomic E-state index is 11.5. The van der Waals surface area contributed by atoms with E-state index in [1.54, 1.807) is 0 Å². The zero-order valence-corrected chi connectivity index (χ0v) is 57.3. The van der Waals surface area contributed by atoms with E-state index in [1.165, 1.54) is 39.0 Å². The van der Waals surface area contributed by atoms with Crippen LogP contribution >= 0.6 is 0 Å². The van der Waals surface area contributed by atoms with E-state index in [1.807, 2.05) is 32.0 Å². The third kappa shape index (κ3) is 13.8. The van der Waals surface area contributed by atoms with Gasteiger partial charge in [0.15, 0.2) is 0 Å². The quantitative estimate of drug-likeness (QED) is 0.0514. The number of carboxylic acid groups (broad SMARTS) is 1. The molecule has 4 aliphatic rings. The Hall–Kier alpha value is -7.09. The van der Waals surface area contributed by atoms with Crippen molar-refractivity contribution in [3.63, 3.8) is 0 Å². The van der Waals surface area contributed by atoms with Gasteiger partial charge in [0.1, 0.15) is 0 Å². The second kappa shape index (κ2) is 30.0. The molecule has 6 aromatic rings. The second-order valence-electron chi connectivity index (χ2n) is 21.5. The van der Waals surface area contributed by atoms with Gasteiger partial charge in [-0.3, -0.25) is 14.4 Å². The van der Waals surface area contributed by atoms with Gasteiger partial charge >= 0.3 is 46.2 Å². The summed E-state index contributed by atoms with van der Waals surface area (Å²) in [5, 5.41) is 9.47. The van der Waals surface area contributed by atoms with Gasteiger partial charge in [-0.25, -0.2) is 19.9 Å². The van der Waals surface area contributed by atoms with Gasteiger partial charge in [-0.05, 0) is 138 Å². The molecule has 454 valence electrons. The third-order valence-electron chi connectivity index (χ3n) is 16.9. The summed E-state index contributed by atoms with van der Waals surface area (Å²) in [6, 6.07) is 16.6. The Labute approximate surface area is 534 Å². The number of fused-ring (bicyclic) bond motifs is 16. The summed E-state index contributed by atoms with van der Waals surface area (Å²) in [7, 11) is 0. The molecule has 16 heteroatoms. The standard InChI is InChI=1S/C34H37N4O4.C34H38N4O2.2CH3.2Ir/c1-7-22-18(3)26-13-27-21(6)25(11-12-42-17-39)33(37-27)16-32-24(9-10-34(40)41)20(5)29(38-32)15-31-23(8-2)19(4)28(36-31)14-30(22)35-26;1-8-11-25-21(6)30-16-32-24(10-3)20(5)29(36-32)15-31-23(9-2)19(4)27(35-31)14-28-22(7)26(12-13-40-18-39)34(37-28)17-33(25)38-30;;;;/h13-17H,7-12H2,1-6H3,(H2-,35,36,37,38,40,41);14-18H,8-13H2,1-7H3;2*1H3;;/q-1;-2;2*-1;2*+3/p-1.